The van der Waals surface area contributed by atoms with Crippen LogP contribution in [0.1, 0.15) is 16.5 Å². The van der Waals surface area contributed by atoms with Crippen LogP contribution in [0.2, 0.25) is 0 Å². The SMILES string of the molecule is Cc1nccc(CNc2nnc(C)s2)n1. The lowest BCUT2D eigenvalue weighted by Crippen LogP contribution is -2.02. The smallest absolute Gasteiger partial charge is 0.205 e. The maximum Gasteiger partial charge on any atom is 0.205 e. The molecule has 0 aliphatic rings. The van der Waals surface area contributed by atoms with E-state index in [1.807, 2.05) is 19.9 Å². The molecule has 0 aliphatic heterocycles. The fourth-order valence-electron chi connectivity index (χ4n) is 1.14. The van der Waals surface area contributed by atoms with Gasteiger partial charge in [-0.15, -0.1) is 10.2 Å². The van der Waals surface area contributed by atoms with Crippen molar-refractivity contribution in [3.63, 3.8) is 0 Å². The summed E-state index contributed by atoms with van der Waals surface area (Å²) in [5, 5.41) is 12.8. The Bertz CT molecular complexity index is 453. The van der Waals surface area contributed by atoms with Crippen molar-refractivity contribution in [1.29, 1.82) is 0 Å². The summed E-state index contributed by atoms with van der Waals surface area (Å²) >= 11 is 1.53. The van der Waals surface area contributed by atoms with Crippen molar-refractivity contribution < 1.29 is 0 Å². The monoisotopic (exact) mass is 221 g/mol. The van der Waals surface area contributed by atoms with Crippen LogP contribution in [0.3, 0.4) is 0 Å². The topological polar surface area (TPSA) is 63.6 Å². The third-order valence-electron chi connectivity index (χ3n) is 1.78. The molecule has 5 nitrogen and oxygen atoms in total. The number of nitrogens with zero attached hydrogens (tertiary/aromatic N) is 4. The van der Waals surface area contributed by atoms with Gasteiger partial charge in [0, 0.05) is 6.20 Å². The molecule has 0 amide bonds. The van der Waals surface area contributed by atoms with E-state index in [0.29, 0.717) is 6.54 Å². The molecule has 2 heterocycles. The molecule has 0 radical (unpaired) electrons. The summed E-state index contributed by atoms with van der Waals surface area (Å²) in [6, 6.07) is 1.88. The molecule has 2 rings (SSSR count). The quantitative estimate of drug-likeness (QED) is 0.852. The number of rotatable bonds is 3. The molecular formula is C9H11N5S. The normalized spacial score (nSPS) is 10.3. The van der Waals surface area contributed by atoms with E-state index in [2.05, 4.69) is 25.5 Å². The Morgan fingerprint density at radius 3 is 2.87 bits per heavy atom. The largest absolute Gasteiger partial charge is 0.354 e. The van der Waals surface area contributed by atoms with E-state index in [1.165, 1.54) is 11.3 Å². The zero-order valence-corrected chi connectivity index (χ0v) is 9.38. The van der Waals surface area contributed by atoms with Crippen molar-refractivity contribution in [1.82, 2.24) is 20.2 Å². The van der Waals surface area contributed by atoms with Gasteiger partial charge in [-0.05, 0) is 19.9 Å². The fraction of sp³-hybridized carbons (Fsp3) is 0.333. The van der Waals surface area contributed by atoms with Gasteiger partial charge in [-0.25, -0.2) is 9.97 Å². The lowest BCUT2D eigenvalue weighted by atomic mass is 10.4. The summed E-state index contributed by atoms with van der Waals surface area (Å²) in [6.45, 7) is 4.45. The Kier molecular flexibility index (Phi) is 2.86. The minimum absolute atomic E-state index is 0.651. The van der Waals surface area contributed by atoms with Crippen molar-refractivity contribution in [3.8, 4) is 0 Å². The van der Waals surface area contributed by atoms with E-state index in [1.54, 1.807) is 6.20 Å². The summed E-state index contributed by atoms with van der Waals surface area (Å²) in [5.41, 5.74) is 0.954. The average Bonchev–Trinajstić information content (AvgIpc) is 2.62. The van der Waals surface area contributed by atoms with Gasteiger partial charge in [0.2, 0.25) is 5.13 Å². The second kappa shape index (κ2) is 4.31. The van der Waals surface area contributed by atoms with Crippen LogP contribution in [-0.2, 0) is 6.54 Å². The van der Waals surface area contributed by atoms with Crippen LogP contribution in [0.5, 0.6) is 0 Å². The van der Waals surface area contributed by atoms with Gasteiger partial charge in [0.25, 0.3) is 0 Å². The molecule has 0 fully saturated rings. The van der Waals surface area contributed by atoms with Gasteiger partial charge in [-0.1, -0.05) is 11.3 Å². The average molecular weight is 221 g/mol. The standard InChI is InChI=1S/C9H11N5S/c1-6-10-4-3-8(12-6)5-11-9-14-13-7(2)15-9/h3-4H,5H2,1-2H3,(H,11,14). The summed E-state index contributed by atoms with van der Waals surface area (Å²) in [5.74, 6) is 0.780. The number of aryl methyl sites for hydroxylation is 2. The molecule has 78 valence electrons. The van der Waals surface area contributed by atoms with E-state index in [9.17, 15) is 0 Å². The molecule has 0 aliphatic carbocycles. The van der Waals surface area contributed by atoms with E-state index in [0.717, 1.165) is 21.7 Å². The van der Waals surface area contributed by atoms with E-state index in [-0.39, 0.29) is 0 Å². The van der Waals surface area contributed by atoms with Crippen LogP contribution in [0.15, 0.2) is 12.3 Å². The number of hydrogen-bond acceptors (Lipinski definition) is 6. The molecule has 0 saturated carbocycles. The zero-order chi connectivity index (χ0) is 10.7. The Morgan fingerprint density at radius 1 is 1.33 bits per heavy atom. The van der Waals surface area contributed by atoms with Gasteiger partial charge in [0.15, 0.2) is 0 Å². The van der Waals surface area contributed by atoms with Crippen molar-refractivity contribution in [2.45, 2.75) is 20.4 Å². The highest BCUT2D eigenvalue weighted by Gasteiger charge is 2.00. The molecular weight excluding hydrogens is 210 g/mol. The summed E-state index contributed by atoms with van der Waals surface area (Å²) in [6.07, 6.45) is 1.75. The van der Waals surface area contributed by atoms with Gasteiger partial charge in [-0.2, -0.15) is 0 Å². The number of nitrogens with one attached hydrogen (secondary N) is 1. The second-order valence-corrected chi connectivity index (χ2v) is 4.26. The Morgan fingerprint density at radius 2 is 2.20 bits per heavy atom. The summed E-state index contributed by atoms with van der Waals surface area (Å²) in [4.78, 5) is 8.31. The van der Waals surface area contributed by atoms with E-state index in [4.69, 9.17) is 0 Å². The lowest BCUT2D eigenvalue weighted by molar-refractivity contribution is 0.945. The summed E-state index contributed by atoms with van der Waals surface area (Å²) in [7, 11) is 0. The molecule has 0 atom stereocenters. The minimum atomic E-state index is 0.651. The van der Waals surface area contributed by atoms with Crippen LogP contribution in [0, 0.1) is 13.8 Å². The molecule has 1 N–H and O–H groups in total. The first-order valence-corrected chi connectivity index (χ1v) is 5.38. The Hall–Kier alpha value is -1.56. The number of aromatic nitrogens is 4. The third kappa shape index (κ3) is 2.69. The van der Waals surface area contributed by atoms with Crippen LogP contribution < -0.4 is 5.32 Å². The van der Waals surface area contributed by atoms with Crippen molar-refractivity contribution >= 4 is 16.5 Å². The second-order valence-electron chi connectivity index (χ2n) is 3.07. The molecule has 15 heavy (non-hydrogen) atoms. The Labute approximate surface area is 91.6 Å². The third-order valence-corrected chi connectivity index (χ3v) is 2.58. The van der Waals surface area contributed by atoms with Gasteiger partial charge < -0.3 is 5.32 Å². The molecule has 0 spiro atoms. The first-order valence-electron chi connectivity index (χ1n) is 4.56. The highest BCUT2D eigenvalue weighted by atomic mass is 32.1. The minimum Gasteiger partial charge on any atom is -0.354 e. The van der Waals surface area contributed by atoms with Crippen LogP contribution in [-0.4, -0.2) is 20.2 Å². The first-order chi connectivity index (χ1) is 7.24. The molecule has 0 saturated heterocycles. The number of anilines is 1. The van der Waals surface area contributed by atoms with Crippen molar-refractivity contribution in [3.05, 3.63) is 28.8 Å². The molecule has 0 unspecified atom stereocenters. The number of hydrogen-bond donors (Lipinski definition) is 1. The van der Waals surface area contributed by atoms with E-state index >= 15 is 0 Å². The van der Waals surface area contributed by atoms with Crippen LogP contribution in [0.25, 0.3) is 0 Å². The van der Waals surface area contributed by atoms with Gasteiger partial charge in [0.05, 0.1) is 12.2 Å². The fourth-order valence-corrected chi connectivity index (χ4v) is 1.73. The van der Waals surface area contributed by atoms with Crippen LogP contribution in [0.4, 0.5) is 5.13 Å². The Balaban J connectivity index is 1.99. The summed E-state index contributed by atoms with van der Waals surface area (Å²) < 4.78 is 0. The molecule has 0 aromatic carbocycles. The maximum atomic E-state index is 4.28. The lowest BCUT2D eigenvalue weighted by Gasteiger charge is -2.01. The highest BCUT2D eigenvalue weighted by Crippen LogP contribution is 2.14. The van der Waals surface area contributed by atoms with Gasteiger partial charge >= 0.3 is 0 Å². The van der Waals surface area contributed by atoms with Crippen molar-refractivity contribution in [2.75, 3.05) is 5.32 Å². The van der Waals surface area contributed by atoms with Crippen molar-refractivity contribution in [2.24, 2.45) is 0 Å². The van der Waals surface area contributed by atoms with Gasteiger partial charge in [-0.3, -0.25) is 0 Å². The predicted octanol–water partition coefficient (Wildman–Crippen LogP) is 1.56. The highest BCUT2D eigenvalue weighted by molar-refractivity contribution is 7.15. The molecule has 2 aromatic heterocycles. The predicted molar refractivity (Wildman–Crippen MR) is 58.7 cm³/mol. The van der Waals surface area contributed by atoms with Crippen LogP contribution >= 0.6 is 11.3 Å². The van der Waals surface area contributed by atoms with Gasteiger partial charge in [0.1, 0.15) is 10.8 Å². The maximum absolute atomic E-state index is 4.28. The first kappa shape index (κ1) is 9.97. The molecule has 2 aromatic rings. The van der Waals surface area contributed by atoms with E-state index < -0.39 is 0 Å². The molecule has 6 heteroatoms. The molecule has 0 bridgehead atoms. The zero-order valence-electron chi connectivity index (χ0n) is 8.56.